The molecule has 0 aromatic heterocycles. The number of hydrogen-bond acceptors (Lipinski definition) is 4. The monoisotopic (exact) mass is 355 g/mol. The van der Waals surface area contributed by atoms with Gasteiger partial charge in [-0.15, -0.1) is 0 Å². The highest BCUT2D eigenvalue weighted by atomic mass is 32.2. The predicted octanol–water partition coefficient (Wildman–Crippen LogP) is 4.29. The molecule has 3 aromatic carbocycles. The molecule has 0 saturated heterocycles. The van der Waals surface area contributed by atoms with Crippen LogP contribution in [0.4, 0.5) is 5.69 Å². The molecule has 0 atom stereocenters. The minimum Gasteiger partial charge on any atom is -0.493 e. The summed E-state index contributed by atoms with van der Waals surface area (Å²) in [5.41, 5.74) is 0.455. The number of para-hydroxylation sites is 2. The van der Waals surface area contributed by atoms with E-state index in [1.54, 1.807) is 73.8 Å². The summed E-state index contributed by atoms with van der Waals surface area (Å²) in [7, 11) is -2.03. The molecule has 0 spiro atoms. The Bertz CT molecular complexity index is 939. The normalized spacial score (nSPS) is 10.9. The quantitative estimate of drug-likeness (QED) is 0.716. The van der Waals surface area contributed by atoms with Crippen molar-refractivity contribution in [2.45, 2.75) is 4.90 Å². The van der Waals surface area contributed by atoms with Gasteiger partial charge in [0.1, 0.15) is 5.75 Å². The number of methoxy groups -OCH3 is 1. The molecule has 0 aliphatic heterocycles. The van der Waals surface area contributed by atoms with Gasteiger partial charge in [0.15, 0.2) is 11.5 Å². The van der Waals surface area contributed by atoms with Crippen LogP contribution in [0.5, 0.6) is 17.2 Å². The van der Waals surface area contributed by atoms with Crippen molar-refractivity contribution in [2.75, 3.05) is 11.8 Å². The van der Waals surface area contributed by atoms with E-state index in [9.17, 15) is 8.42 Å². The van der Waals surface area contributed by atoms with Gasteiger partial charge >= 0.3 is 0 Å². The van der Waals surface area contributed by atoms with Gasteiger partial charge in [-0.25, -0.2) is 8.42 Å². The van der Waals surface area contributed by atoms with Gasteiger partial charge in [-0.2, -0.15) is 0 Å². The molecule has 0 fully saturated rings. The molecule has 25 heavy (non-hydrogen) atoms. The van der Waals surface area contributed by atoms with Gasteiger partial charge in [-0.3, -0.25) is 4.72 Å². The Morgan fingerprint density at radius 3 is 2.00 bits per heavy atom. The highest BCUT2D eigenvalue weighted by Crippen LogP contribution is 2.31. The second-order valence-electron chi connectivity index (χ2n) is 5.20. The maximum Gasteiger partial charge on any atom is 0.261 e. The van der Waals surface area contributed by atoms with Crippen molar-refractivity contribution in [2.24, 2.45) is 0 Å². The SMILES string of the molecule is COc1ccccc1Oc1ccc(NS(=O)(=O)c2ccccc2)cc1. The fourth-order valence-electron chi connectivity index (χ4n) is 2.23. The van der Waals surface area contributed by atoms with Gasteiger partial charge in [-0.1, -0.05) is 30.3 Å². The topological polar surface area (TPSA) is 64.6 Å². The van der Waals surface area contributed by atoms with Crippen LogP contribution < -0.4 is 14.2 Å². The molecule has 0 saturated carbocycles. The van der Waals surface area contributed by atoms with Gasteiger partial charge < -0.3 is 9.47 Å². The summed E-state index contributed by atoms with van der Waals surface area (Å²) in [6, 6.07) is 22.2. The van der Waals surface area contributed by atoms with Crippen LogP contribution in [0.1, 0.15) is 0 Å². The lowest BCUT2D eigenvalue weighted by molar-refractivity contribution is 0.379. The molecule has 1 N–H and O–H groups in total. The van der Waals surface area contributed by atoms with E-state index >= 15 is 0 Å². The zero-order valence-corrected chi connectivity index (χ0v) is 14.4. The summed E-state index contributed by atoms with van der Waals surface area (Å²) in [5.74, 6) is 1.78. The van der Waals surface area contributed by atoms with Crippen molar-refractivity contribution in [3.05, 3.63) is 78.9 Å². The lowest BCUT2D eigenvalue weighted by Gasteiger charge is -2.11. The van der Waals surface area contributed by atoms with E-state index in [2.05, 4.69) is 4.72 Å². The standard InChI is InChI=1S/C19H17NO4S/c1-23-18-9-5-6-10-19(18)24-16-13-11-15(12-14-16)20-25(21,22)17-7-3-2-4-8-17/h2-14,20H,1H3. The van der Waals surface area contributed by atoms with Gasteiger partial charge in [-0.05, 0) is 48.5 Å². The molecule has 0 aliphatic rings. The summed E-state index contributed by atoms with van der Waals surface area (Å²) in [4.78, 5) is 0.212. The van der Waals surface area contributed by atoms with Crippen LogP contribution in [0, 0.1) is 0 Å². The first kappa shape index (κ1) is 16.9. The molecule has 5 nitrogen and oxygen atoms in total. The molecule has 0 bridgehead atoms. The first-order chi connectivity index (χ1) is 12.1. The van der Waals surface area contributed by atoms with Crippen LogP contribution in [0.15, 0.2) is 83.8 Å². The van der Waals surface area contributed by atoms with Crippen molar-refractivity contribution < 1.29 is 17.9 Å². The van der Waals surface area contributed by atoms with E-state index in [0.717, 1.165) is 0 Å². The average molecular weight is 355 g/mol. The van der Waals surface area contributed by atoms with Gasteiger partial charge in [0.2, 0.25) is 0 Å². The Labute approximate surface area is 146 Å². The van der Waals surface area contributed by atoms with E-state index in [1.807, 2.05) is 12.1 Å². The maximum absolute atomic E-state index is 12.3. The Balaban J connectivity index is 1.74. The Morgan fingerprint density at radius 2 is 1.36 bits per heavy atom. The lowest BCUT2D eigenvalue weighted by atomic mass is 10.3. The molecule has 0 aliphatic carbocycles. The third kappa shape index (κ3) is 4.10. The molecule has 0 radical (unpaired) electrons. The number of benzene rings is 3. The summed E-state index contributed by atoms with van der Waals surface area (Å²) in [5, 5.41) is 0. The second kappa shape index (κ2) is 7.27. The van der Waals surface area contributed by atoms with Crippen molar-refractivity contribution in [1.29, 1.82) is 0 Å². The van der Waals surface area contributed by atoms with Crippen molar-refractivity contribution in [1.82, 2.24) is 0 Å². The summed E-state index contributed by atoms with van der Waals surface area (Å²) in [6.07, 6.45) is 0. The Morgan fingerprint density at radius 1 is 0.760 bits per heavy atom. The van der Waals surface area contributed by atoms with Crippen LogP contribution in [-0.4, -0.2) is 15.5 Å². The number of sulfonamides is 1. The van der Waals surface area contributed by atoms with Crippen molar-refractivity contribution >= 4 is 15.7 Å². The zero-order valence-electron chi connectivity index (χ0n) is 13.5. The predicted molar refractivity (Wildman–Crippen MR) is 96.8 cm³/mol. The first-order valence-electron chi connectivity index (χ1n) is 7.57. The fourth-order valence-corrected chi connectivity index (χ4v) is 3.31. The van der Waals surface area contributed by atoms with Crippen molar-refractivity contribution in [3.8, 4) is 17.2 Å². The van der Waals surface area contributed by atoms with Crippen LogP contribution in [-0.2, 0) is 10.0 Å². The number of anilines is 1. The Kier molecular flexibility index (Phi) is 4.90. The fraction of sp³-hybridized carbons (Fsp3) is 0.0526. The third-order valence-electron chi connectivity index (χ3n) is 3.46. The molecule has 0 unspecified atom stereocenters. The smallest absolute Gasteiger partial charge is 0.261 e. The first-order valence-corrected chi connectivity index (χ1v) is 9.05. The molecule has 6 heteroatoms. The van der Waals surface area contributed by atoms with Crippen LogP contribution in [0.3, 0.4) is 0 Å². The minimum absolute atomic E-state index is 0.212. The van der Waals surface area contributed by atoms with Crippen molar-refractivity contribution in [3.63, 3.8) is 0 Å². The van der Waals surface area contributed by atoms with Gasteiger partial charge in [0, 0.05) is 5.69 Å². The minimum atomic E-state index is -3.61. The largest absolute Gasteiger partial charge is 0.493 e. The second-order valence-corrected chi connectivity index (χ2v) is 6.88. The van der Waals surface area contributed by atoms with E-state index in [0.29, 0.717) is 22.9 Å². The molecule has 128 valence electrons. The zero-order chi connectivity index (χ0) is 17.7. The maximum atomic E-state index is 12.3. The highest BCUT2D eigenvalue weighted by Gasteiger charge is 2.13. The number of hydrogen-bond donors (Lipinski definition) is 1. The summed E-state index contributed by atoms with van der Waals surface area (Å²) < 4.78 is 38.2. The number of nitrogens with one attached hydrogen (secondary N) is 1. The third-order valence-corrected chi connectivity index (χ3v) is 4.85. The lowest BCUT2D eigenvalue weighted by Crippen LogP contribution is -2.12. The van der Waals surface area contributed by atoms with Crippen LogP contribution in [0.2, 0.25) is 0 Å². The van der Waals surface area contributed by atoms with Crippen LogP contribution >= 0.6 is 0 Å². The van der Waals surface area contributed by atoms with Crippen LogP contribution in [0.25, 0.3) is 0 Å². The Hall–Kier alpha value is -2.99. The molecule has 0 heterocycles. The summed E-state index contributed by atoms with van der Waals surface area (Å²) >= 11 is 0. The molecular formula is C19H17NO4S. The van der Waals surface area contributed by atoms with Gasteiger partial charge in [0.05, 0.1) is 12.0 Å². The highest BCUT2D eigenvalue weighted by molar-refractivity contribution is 7.92. The van der Waals surface area contributed by atoms with E-state index in [1.165, 1.54) is 0 Å². The molecular weight excluding hydrogens is 338 g/mol. The summed E-state index contributed by atoms with van der Waals surface area (Å²) in [6.45, 7) is 0. The number of ether oxygens (including phenoxy) is 2. The van der Waals surface area contributed by atoms with E-state index in [-0.39, 0.29) is 4.90 Å². The molecule has 0 amide bonds. The van der Waals surface area contributed by atoms with Gasteiger partial charge in [0.25, 0.3) is 10.0 Å². The molecule has 3 rings (SSSR count). The number of rotatable bonds is 6. The van der Waals surface area contributed by atoms with E-state index in [4.69, 9.17) is 9.47 Å². The van der Waals surface area contributed by atoms with E-state index < -0.39 is 10.0 Å². The molecule has 3 aromatic rings. The average Bonchev–Trinajstić information content (AvgIpc) is 2.64.